The van der Waals surface area contributed by atoms with Gasteiger partial charge in [0, 0.05) is 38.6 Å². The van der Waals surface area contributed by atoms with Crippen molar-refractivity contribution in [2.75, 3.05) is 32.8 Å². The van der Waals surface area contributed by atoms with Crippen molar-refractivity contribution in [2.45, 2.75) is 64.3 Å². The highest BCUT2D eigenvalue weighted by Gasteiger charge is 2.34. The molecule has 5 N–H and O–H groups in total. The third-order valence-corrected chi connectivity index (χ3v) is 7.14. The van der Waals surface area contributed by atoms with Crippen LogP contribution < -0.4 is 21.3 Å². The van der Waals surface area contributed by atoms with Gasteiger partial charge in [-0.05, 0) is 31.2 Å². The van der Waals surface area contributed by atoms with E-state index in [4.69, 9.17) is 4.74 Å². The maximum atomic E-state index is 13.4. The molecule has 2 heterocycles. The summed E-state index contributed by atoms with van der Waals surface area (Å²) in [6.45, 7) is 5.54. The Bertz CT molecular complexity index is 1040. The van der Waals surface area contributed by atoms with Crippen LogP contribution in [0.4, 0.5) is 0 Å². The molecule has 0 aliphatic carbocycles. The van der Waals surface area contributed by atoms with Gasteiger partial charge in [-0.1, -0.05) is 44.2 Å². The number of ether oxygens (including phenoxy) is 1. The van der Waals surface area contributed by atoms with Gasteiger partial charge in [-0.25, -0.2) is 0 Å². The number of aliphatic hydroxyl groups is 1. The van der Waals surface area contributed by atoms with E-state index in [1.807, 2.05) is 6.07 Å². The van der Waals surface area contributed by atoms with Gasteiger partial charge in [0.1, 0.15) is 18.1 Å². The Labute approximate surface area is 234 Å². The van der Waals surface area contributed by atoms with Crippen LogP contribution in [-0.4, -0.2) is 96.6 Å². The van der Waals surface area contributed by atoms with Crippen molar-refractivity contribution >= 4 is 29.5 Å². The molecule has 0 unspecified atom stereocenters. The summed E-state index contributed by atoms with van der Waals surface area (Å²) >= 11 is 0. The minimum absolute atomic E-state index is 0.00159. The highest BCUT2D eigenvalue weighted by atomic mass is 16.5. The molecule has 0 saturated carbocycles. The fraction of sp³-hybridized carbons (Fsp3) is 0.607. The minimum atomic E-state index is -1.30. The molecule has 12 heteroatoms. The maximum Gasteiger partial charge on any atom is 0.245 e. The number of carbonyl (C=O) groups is 5. The number of carbonyl (C=O) groups excluding carboxylic acids is 5. The van der Waals surface area contributed by atoms with Crippen LogP contribution in [0.3, 0.4) is 0 Å². The summed E-state index contributed by atoms with van der Waals surface area (Å²) in [5.74, 6) is -3.27. The van der Waals surface area contributed by atoms with Gasteiger partial charge in [0.25, 0.3) is 0 Å². The third kappa shape index (κ3) is 8.75. The van der Waals surface area contributed by atoms with E-state index >= 15 is 0 Å². The molecular formula is C28H41N5O7. The molecule has 5 amide bonds. The van der Waals surface area contributed by atoms with Crippen LogP contribution in [0.1, 0.15) is 39.2 Å². The van der Waals surface area contributed by atoms with Gasteiger partial charge in [0.15, 0.2) is 0 Å². The van der Waals surface area contributed by atoms with E-state index in [0.717, 1.165) is 5.56 Å². The first-order valence-electron chi connectivity index (χ1n) is 13.8. The second-order valence-electron chi connectivity index (χ2n) is 10.7. The van der Waals surface area contributed by atoms with Crippen molar-refractivity contribution in [3.63, 3.8) is 0 Å². The summed E-state index contributed by atoms with van der Waals surface area (Å²) in [5.41, 5.74) is 0.770. The molecule has 3 rings (SSSR count). The van der Waals surface area contributed by atoms with Crippen molar-refractivity contribution in [2.24, 2.45) is 11.8 Å². The van der Waals surface area contributed by atoms with E-state index in [9.17, 15) is 29.1 Å². The van der Waals surface area contributed by atoms with Gasteiger partial charge < -0.3 is 36.0 Å². The smallest absolute Gasteiger partial charge is 0.245 e. The Morgan fingerprint density at radius 3 is 2.25 bits per heavy atom. The Morgan fingerprint density at radius 1 is 0.950 bits per heavy atom. The molecule has 220 valence electrons. The lowest BCUT2D eigenvalue weighted by atomic mass is 9.98. The standard InChI is InChI=1S/C28H41N5O7/c1-17(2)23-27(38)30-21(15-19-7-5-4-6-8-19)25(36)32-24(18(3)34)26(37)29-11-12-33(16-22(35)31-23)28(39)20-9-13-40-14-10-20/h4-8,17-18,20-21,23-24,34H,9-16H2,1-3H3,(H,29,37)(H,30,38)(H,31,35)(H,32,36)/t18-,21+,23-,24+/m1/s1. The zero-order chi connectivity index (χ0) is 29.2. The van der Waals surface area contributed by atoms with E-state index in [-0.39, 0.29) is 43.8 Å². The molecule has 0 radical (unpaired) electrons. The second-order valence-corrected chi connectivity index (χ2v) is 10.7. The topological polar surface area (TPSA) is 166 Å². The lowest BCUT2D eigenvalue weighted by molar-refractivity contribution is -0.142. The molecule has 2 aliphatic rings. The summed E-state index contributed by atoms with van der Waals surface area (Å²) in [5, 5.41) is 21.0. The summed E-state index contributed by atoms with van der Waals surface area (Å²) in [4.78, 5) is 67.5. The number of hydrogen-bond donors (Lipinski definition) is 5. The summed E-state index contributed by atoms with van der Waals surface area (Å²) < 4.78 is 5.35. The normalized spacial score (nSPS) is 25.1. The van der Waals surface area contributed by atoms with Gasteiger partial charge in [-0.2, -0.15) is 0 Å². The maximum absolute atomic E-state index is 13.4. The zero-order valence-corrected chi connectivity index (χ0v) is 23.4. The fourth-order valence-corrected chi connectivity index (χ4v) is 4.80. The van der Waals surface area contributed by atoms with E-state index in [1.165, 1.54) is 11.8 Å². The molecule has 1 aromatic carbocycles. The number of hydrogen-bond acceptors (Lipinski definition) is 7. The van der Waals surface area contributed by atoms with Gasteiger partial charge in [-0.15, -0.1) is 0 Å². The van der Waals surface area contributed by atoms with Gasteiger partial charge in [0.05, 0.1) is 12.6 Å². The first kappa shape index (κ1) is 31.0. The van der Waals surface area contributed by atoms with Crippen molar-refractivity contribution in [1.82, 2.24) is 26.2 Å². The Kier molecular flexibility index (Phi) is 11.4. The molecule has 0 bridgehead atoms. The highest BCUT2D eigenvalue weighted by Crippen LogP contribution is 2.18. The van der Waals surface area contributed by atoms with Crippen LogP contribution >= 0.6 is 0 Å². The van der Waals surface area contributed by atoms with Gasteiger partial charge in [-0.3, -0.25) is 24.0 Å². The number of nitrogens with one attached hydrogen (secondary N) is 4. The average Bonchev–Trinajstić information content (AvgIpc) is 2.93. The summed E-state index contributed by atoms with van der Waals surface area (Å²) in [6.07, 6.45) is -0.0589. The quantitative estimate of drug-likeness (QED) is 0.312. The van der Waals surface area contributed by atoms with Crippen molar-refractivity contribution in [3.05, 3.63) is 35.9 Å². The van der Waals surface area contributed by atoms with Crippen molar-refractivity contribution in [1.29, 1.82) is 0 Å². The molecule has 1 aromatic rings. The predicted octanol–water partition coefficient (Wildman–Crippen LogP) is -0.895. The number of nitrogens with zero attached hydrogens (tertiary/aromatic N) is 1. The average molecular weight is 560 g/mol. The molecule has 2 fully saturated rings. The van der Waals surface area contributed by atoms with Crippen molar-refractivity contribution in [3.8, 4) is 0 Å². The number of aliphatic hydroxyl groups excluding tert-OH is 1. The van der Waals surface area contributed by atoms with E-state index in [1.54, 1.807) is 38.1 Å². The lowest BCUT2D eigenvalue weighted by Crippen LogP contribution is -2.60. The molecule has 40 heavy (non-hydrogen) atoms. The Morgan fingerprint density at radius 2 is 1.62 bits per heavy atom. The number of amides is 5. The van der Waals surface area contributed by atoms with E-state index in [2.05, 4.69) is 21.3 Å². The largest absolute Gasteiger partial charge is 0.391 e. The Balaban J connectivity index is 1.90. The Hall–Kier alpha value is -3.51. The molecule has 4 atom stereocenters. The molecule has 0 aromatic heterocycles. The first-order valence-corrected chi connectivity index (χ1v) is 13.8. The molecule has 2 saturated heterocycles. The predicted molar refractivity (Wildman–Crippen MR) is 146 cm³/mol. The van der Waals surface area contributed by atoms with Crippen LogP contribution in [0.5, 0.6) is 0 Å². The van der Waals surface area contributed by atoms with Gasteiger partial charge in [0.2, 0.25) is 29.5 Å². The lowest BCUT2D eigenvalue weighted by Gasteiger charge is -2.30. The monoisotopic (exact) mass is 559 g/mol. The molecular weight excluding hydrogens is 518 g/mol. The SMILES string of the molecule is CC(C)[C@H]1NC(=O)CN(C(=O)C2CCOCC2)CCNC(=O)[C@H]([C@@H](C)O)NC(=O)[C@H](Cc2ccccc2)NC1=O. The molecule has 0 spiro atoms. The van der Waals surface area contributed by atoms with Crippen LogP contribution in [-0.2, 0) is 35.1 Å². The molecule has 2 aliphatic heterocycles. The van der Waals surface area contributed by atoms with E-state index < -0.39 is 47.9 Å². The third-order valence-electron chi connectivity index (χ3n) is 7.14. The van der Waals surface area contributed by atoms with Crippen LogP contribution in [0.2, 0.25) is 0 Å². The summed E-state index contributed by atoms with van der Waals surface area (Å²) in [7, 11) is 0. The summed E-state index contributed by atoms with van der Waals surface area (Å²) in [6, 6.07) is 5.69. The zero-order valence-electron chi connectivity index (χ0n) is 23.4. The highest BCUT2D eigenvalue weighted by molar-refractivity contribution is 5.95. The second kappa shape index (κ2) is 14.8. The van der Waals surface area contributed by atoms with Crippen molar-refractivity contribution < 1.29 is 33.8 Å². The van der Waals surface area contributed by atoms with Gasteiger partial charge >= 0.3 is 0 Å². The fourth-order valence-electron chi connectivity index (χ4n) is 4.80. The van der Waals surface area contributed by atoms with Crippen LogP contribution in [0.15, 0.2) is 30.3 Å². The first-order chi connectivity index (χ1) is 19.1. The van der Waals surface area contributed by atoms with Crippen LogP contribution in [0.25, 0.3) is 0 Å². The van der Waals surface area contributed by atoms with Crippen LogP contribution in [0, 0.1) is 11.8 Å². The molecule has 12 nitrogen and oxygen atoms in total. The number of rotatable bonds is 5. The minimum Gasteiger partial charge on any atom is -0.391 e. The number of benzene rings is 1. The van der Waals surface area contributed by atoms with E-state index in [0.29, 0.717) is 26.1 Å².